The Kier molecular flexibility index (Phi) is 18.8. The lowest BCUT2D eigenvalue weighted by molar-refractivity contribution is -0.120. The minimum atomic E-state index is -1.01. The summed E-state index contributed by atoms with van der Waals surface area (Å²) in [5, 5.41) is 20.1. The number of ketones is 2. The molecule has 1 aromatic carbocycles. The number of aryl methyl sites for hydroxylation is 1. The van der Waals surface area contributed by atoms with Gasteiger partial charge in [-0.15, -0.1) is 0 Å². The van der Waals surface area contributed by atoms with E-state index in [4.69, 9.17) is 19.9 Å². The lowest BCUT2D eigenvalue weighted by Gasteiger charge is -2.30. The van der Waals surface area contributed by atoms with Crippen molar-refractivity contribution in [2.24, 2.45) is 17.6 Å². The molecule has 1 aliphatic heterocycles. The molecule has 0 fully saturated rings. The predicted molar refractivity (Wildman–Crippen MR) is 219 cm³/mol. The van der Waals surface area contributed by atoms with E-state index in [0.29, 0.717) is 25.1 Å². The van der Waals surface area contributed by atoms with Crippen LogP contribution in [0.25, 0.3) is 6.08 Å². The second-order valence-electron chi connectivity index (χ2n) is 14.8. The molecule has 6 N–H and O–H groups in total. The SMILES string of the molecule is CO[C@H]1/C=C\C=C(/C)C(=O)NC2=CC(=O)C(NCCCCCCNC(=O)/C=C/c3ccccc3C)=C(C[C@@H](C)C[C@H](OC)[C@H](O)[C@@H](C)/C=C(\C)[C@@H]1OC(N)=O)C2=O. The number of hydrogen-bond acceptors (Lipinski definition) is 10. The number of Topliss-reactive ketones (excluding diaryl/α,β-unsaturated/α-hetero) is 1. The van der Waals surface area contributed by atoms with Crippen molar-refractivity contribution >= 4 is 35.6 Å². The highest BCUT2D eigenvalue weighted by Crippen LogP contribution is 2.29. The quantitative estimate of drug-likeness (QED) is 0.0782. The van der Waals surface area contributed by atoms with Crippen LogP contribution in [0.15, 0.2) is 88.8 Å². The lowest BCUT2D eigenvalue weighted by atomic mass is 9.85. The zero-order valence-electron chi connectivity index (χ0n) is 34.3. The van der Waals surface area contributed by atoms with Gasteiger partial charge >= 0.3 is 6.09 Å². The van der Waals surface area contributed by atoms with E-state index in [0.717, 1.165) is 42.9 Å². The van der Waals surface area contributed by atoms with Gasteiger partial charge in [0, 0.05) is 56.5 Å². The molecule has 0 unspecified atom stereocenters. The zero-order valence-corrected chi connectivity index (χ0v) is 34.3. The molecule has 0 saturated heterocycles. The number of allylic oxidation sites excluding steroid dienone is 4. The average Bonchev–Trinajstić information content (AvgIpc) is 3.17. The Balaban J connectivity index is 1.75. The van der Waals surface area contributed by atoms with Crippen LogP contribution in [0.4, 0.5) is 4.79 Å². The number of amides is 3. The van der Waals surface area contributed by atoms with Crippen molar-refractivity contribution in [2.45, 2.75) is 97.6 Å². The molecule has 1 heterocycles. The summed E-state index contributed by atoms with van der Waals surface area (Å²) < 4.78 is 16.7. The zero-order chi connectivity index (χ0) is 42.1. The first-order valence-electron chi connectivity index (χ1n) is 19.5. The Labute approximate surface area is 336 Å². The Bertz CT molecular complexity index is 1790. The van der Waals surface area contributed by atoms with Gasteiger partial charge in [0.05, 0.1) is 23.6 Å². The highest BCUT2D eigenvalue weighted by atomic mass is 16.6. The second kappa shape index (κ2) is 23.2. The molecule has 6 atom stereocenters. The normalized spacial score (nSPS) is 26.5. The summed E-state index contributed by atoms with van der Waals surface area (Å²) in [5.74, 6) is -2.34. The van der Waals surface area contributed by atoms with Crippen molar-refractivity contribution in [2.75, 3.05) is 27.3 Å². The molecule has 0 saturated carbocycles. The van der Waals surface area contributed by atoms with Crippen molar-refractivity contribution in [1.29, 1.82) is 0 Å². The summed E-state index contributed by atoms with van der Waals surface area (Å²) in [6.07, 6.45) is 10.2. The van der Waals surface area contributed by atoms with Crippen molar-refractivity contribution in [1.82, 2.24) is 16.0 Å². The molecule has 2 aliphatic rings. The number of methoxy groups -OCH3 is 2. The monoisotopic (exact) mass is 788 g/mol. The molecule has 57 heavy (non-hydrogen) atoms. The van der Waals surface area contributed by atoms with Gasteiger partial charge in [-0.1, -0.05) is 75.3 Å². The first-order chi connectivity index (χ1) is 27.2. The molecule has 3 amide bonds. The fourth-order valence-corrected chi connectivity index (χ4v) is 6.81. The van der Waals surface area contributed by atoms with E-state index < -0.39 is 53.9 Å². The van der Waals surface area contributed by atoms with Crippen LogP contribution in [-0.2, 0) is 33.4 Å². The molecule has 0 spiro atoms. The van der Waals surface area contributed by atoms with E-state index in [1.165, 1.54) is 26.4 Å². The van der Waals surface area contributed by atoms with Crippen LogP contribution in [-0.4, -0.2) is 86.3 Å². The third-order valence-electron chi connectivity index (χ3n) is 10.1. The molecule has 13 heteroatoms. The van der Waals surface area contributed by atoms with Gasteiger partial charge in [-0.25, -0.2) is 4.79 Å². The van der Waals surface area contributed by atoms with Crippen LogP contribution >= 0.6 is 0 Å². The van der Waals surface area contributed by atoms with E-state index in [9.17, 15) is 29.1 Å². The van der Waals surface area contributed by atoms with Gasteiger partial charge in [-0.05, 0) is 75.1 Å². The molecular formula is C44H60N4O9. The topological polar surface area (TPSA) is 195 Å². The standard InChI is InChI=1S/C44H60N4O9/c1-27-23-33-39(47-22-13-9-8-12-21-46-38(50)20-19-32-17-11-10-15-28(32)2)35(49)26-34(41(33)52)48-43(53)29(3)16-14-18-36(55-6)42(57-44(45)54)31(5)25-30(4)40(51)37(24-27)56-7/h10-11,14-20,25-27,30,36-37,40,42,47,51H,8-9,12-13,21-24H2,1-7H3,(H2,45,54)(H,46,50)(H,48,53)/b18-14-,20-19+,29-16+,31-25+/t27-,30+,36+,37+,40-,42+/m1/s1. The summed E-state index contributed by atoms with van der Waals surface area (Å²) in [6.45, 7) is 9.98. The minimum absolute atomic E-state index is 0.135. The number of nitrogens with one attached hydrogen (secondary N) is 3. The van der Waals surface area contributed by atoms with Gasteiger partial charge in [0.25, 0.3) is 5.91 Å². The van der Waals surface area contributed by atoms with Gasteiger partial charge in [-0.2, -0.15) is 0 Å². The molecule has 0 aromatic heterocycles. The molecule has 2 bridgehead atoms. The number of hydrogen-bond donors (Lipinski definition) is 5. The van der Waals surface area contributed by atoms with Crippen molar-refractivity contribution < 1.29 is 43.3 Å². The highest BCUT2D eigenvalue weighted by Gasteiger charge is 2.33. The van der Waals surface area contributed by atoms with Crippen LogP contribution in [0.3, 0.4) is 0 Å². The third kappa shape index (κ3) is 14.4. The first-order valence-corrected chi connectivity index (χ1v) is 19.5. The Hall–Kier alpha value is -5.11. The fourth-order valence-electron chi connectivity index (χ4n) is 6.81. The maximum atomic E-state index is 14.0. The van der Waals surface area contributed by atoms with E-state index in [2.05, 4.69) is 16.0 Å². The number of carbonyl (C=O) groups is 5. The van der Waals surface area contributed by atoms with Crippen LogP contribution in [0.1, 0.15) is 77.3 Å². The van der Waals surface area contributed by atoms with Gasteiger partial charge < -0.3 is 41.0 Å². The maximum absolute atomic E-state index is 14.0. The summed E-state index contributed by atoms with van der Waals surface area (Å²) >= 11 is 0. The molecule has 310 valence electrons. The number of carbonyl (C=O) groups excluding carboxylic acids is 5. The Morgan fingerprint density at radius 2 is 1.70 bits per heavy atom. The van der Waals surface area contributed by atoms with Gasteiger partial charge in [-0.3, -0.25) is 19.2 Å². The largest absolute Gasteiger partial charge is 0.439 e. The summed E-state index contributed by atoms with van der Waals surface area (Å²) in [5.41, 5.74) is 8.59. The van der Waals surface area contributed by atoms with Gasteiger partial charge in [0.15, 0.2) is 6.10 Å². The van der Waals surface area contributed by atoms with Crippen LogP contribution in [0, 0.1) is 18.8 Å². The van der Waals surface area contributed by atoms with Gasteiger partial charge in [0.2, 0.25) is 17.5 Å². The number of primary amides is 1. The maximum Gasteiger partial charge on any atom is 0.405 e. The number of fused-ring (bicyclic) bond motifs is 2. The molecular weight excluding hydrogens is 729 g/mol. The number of ether oxygens (including phenoxy) is 3. The molecule has 1 aromatic rings. The van der Waals surface area contributed by atoms with Crippen molar-refractivity contribution in [3.8, 4) is 0 Å². The number of rotatable bonds is 13. The summed E-state index contributed by atoms with van der Waals surface area (Å²) in [7, 11) is 2.93. The van der Waals surface area contributed by atoms with E-state index in [1.54, 1.807) is 38.2 Å². The Morgan fingerprint density at radius 3 is 2.37 bits per heavy atom. The molecule has 3 rings (SSSR count). The number of aliphatic hydroxyl groups is 1. The number of benzene rings is 1. The van der Waals surface area contributed by atoms with E-state index >= 15 is 0 Å². The number of aliphatic hydroxyl groups excluding tert-OH is 1. The second-order valence-corrected chi connectivity index (χ2v) is 14.8. The van der Waals surface area contributed by atoms with Crippen LogP contribution in [0.2, 0.25) is 0 Å². The molecule has 1 aliphatic carbocycles. The number of unbranched alkanes of at least 4 members (excludes halogenated alkanes) is 3. The fraction of sp³-hybridized carbons (Fsp3) is 0.477. The number of nitrogens with two attached hydrogens (primary N) is 1. The molecule has 0 radical (unpaired) electrons. The third-order valence-corrected chi connectivity index (χ3v) is 10.1. The van der Waals surface area contributed by atoms with E-state index in [1.807, 2.05) is 45.0 Å². The highest BCUT2D eigenvalue weighted by molar-refractivity contribution is 6.23. The van der Waals surface area contributed by atoms with E-state index in [-0.39, 0.29) is 40.8 Å². The summed E-state index contributed by atoms with van der Waals surface area (Å²) in [4.78, 5) is 64.9. The minimum Gasteiger partial charge on any atom is -0.439 e. The van der Waals surface area contributed by atoms with Crippen LogP contribution in [0.5, 0.6) is 0 Å². The summed E-state index contributed by atoms with van der Waals surface area (Å²) in [6, 6.07) is 7.84. The van der Waals surface area contributed by atoms with Crippen LogP contribution < -0.4 is 21.7 Å². The van der Waals surface area contributed by atoms with Crippen molar-refractivity contribution in [3.63, 3.8) is 0 Å². The average molecular weight is 789 g/mol. The molecule has 13 nitrogen and oxygen atoms in total. The predicted octanol–water partition coefficient (Wildman–Crippen LogP) is 5.05. The first kappa shape index (κ1) is 46.3. The Morgan fingerprint density at radius 1 is 1.00 bits per heavy atom. The smallest absolute Gasteiger partial charge is 0.405 e. The van der Waals surface area contributed by atoms with Crippen molar-refractivity contribution in [3.05, 3.63) is 100.0 Å². The van der Waals surface area contributed by atoms with Gasteiger partial charge in [0.1, 0.15) is 6.10 Å². The lowest BCUT2D eigenvalue weighted by Crippen LogP contribution is -2.38.